The predicted octanol–water partition coefficient (Wildman–Crippen LogP) is 3.18. The van der Waals surface area contributed by atoms with Gasteiger partial charge in [0.25, 0.3) is 5.91 Å². The van der Waals surface area contributed by atoms with Gasteiger partial charge in [-0.3, -0.25) is 9.59 Å². The highest BCUT2D eigenvalue weighted by molar-refractivity contribution is 6.30. The van der Waals surface area contributed by atoms with Gasteiger partial charge in [-0.2, -0.15) is 0 Å². The number of nitrogens with one attached hydrogen (secondary N) is 2. The first-order chi connectivity index (χ1) is 12.3. The smallest absolute Gasteiger partial charge is 0.251 e. The van der Waals surface area contributed by atoms with Crippen LogP contribution in [0, 0.1) is 5.82 Å². The first kappa shape index (κ1) is 19.7. The van der Waals surface area contributed by atoms with Gasteiger partial charge in [-0.05, 0) is 62.4 Å². The van der Waals surface area contributed by atoms with Crippen molar-refractivity contribution in [3.63, 3.8) is 0 Å². The van der Waals surface area contributed by atoms with Crippen LogP contribution in [0.4, 0.5) is 4.39 Å². The number of amides is 2. The minimum atomic E-state index is -0.716. The van der Waals surface area contributed by atoms with E-state index in [2.05, 4.69) is 10.6 Å². The molecule has 0 radical (unpaired) electrons. The molecule has 2 unspecified atom stereocenters. The fourth-order valence-corrected chi connectivity index (χ4v) is 2.23. The zero-order valence-corrected chi connectivity index (χ0v) is 15.2. The number of hydrogen-bond donors (Lipinski definition) is 2. The lowest BCUT2D eigenvalue weighted by atomic mass is 10.2. The van der Waals surface area contributed by atoms with Gasteiger partial charge >= 0.3 is 0 Å². The molecule has 0 bridgehead atoms. The molecule has 0 aliphatic carbocycles. The molecule has 0 saturated carbocycles. The first-order valence-corrected chi connectivity index (χ1v) is 8.48. The fraction of sp³-hybridized carbons (Fsp3) is 0.263. The molecule has 5 nitrogen and oxygen atoms in total. The van der Waals surface area contributed by atoms with Crippen molar-refractivity contribution in [2.24, 2.45) is 0 Å². The van der Waals surface area contributed by atoms with E-state index < -0.39 is 6.04 Å². The number of carbonyl (C=O) groups excluding carboxylic acids is 2. The number of rotatable bonds is 7. The van der Waals surface area contributed by atoms with Crippen molar-refractivity contribution in [2.75, 3.05) is 6.61 Å². The maximum atomic E-state index is 12.8. The van der Waals surface area contributed by atoms with Crippen LogP contribution >= 0.6 is 11.6 Å². The Labute approximate surface area is 156 Å². The number of halogens is 2. The number of hydrogen-bond acceptors (Lipinski definition) is 3. The summed E-state index contributed by atoms with van der Waals surface area (Å²) in [7, 11) is 0. The molecule has 0 heterocycles. The summed E-state index contributed by atoms with van der Waals surface area (Å²) in [4.78, 5) is 24.3. The largest absolute Gasteiger partial charge is 0.491 e. The van der Waals surface area contributed by atoms with E-state index in [-0.39, 0.29) is 30.3 Å². The molecule has 2 aromatic carbocycles. The summed E-state index contributed by atoms with van der Waals surface area (Å²) in [6, 6.07) is 11.0. The van der Waals surface area contributed by atoms with Crippen molar-refractivity contribution in [3.05, 3.63) is 64.9 Å². The SMILES string of the molecule is CC(COc1ccc(F)cc1)NC(=O)C(C)NC(=O)c1ccc(Cl)cc1. The molecule has 2 rings (SSSR count). The molecule has 0 aromatic heterocycles. The summed E-state index contributed by atoms with van der Waals surface area (Å²) in [6.45, 7) is 3.58. The van der Waals surface area contributed by atoms with Crippen molar-refractivity contribution in [1.29, 1.82) is 0 Å². The van der Waals surface area contributed by atoms with Crippen LogP contribution in [0.5, 0.6) is 5.75 Å². The van der Waals surface area contributed by atoms with Gasteiger partial charge in [0.15, 0.2) is 0 Å². The van der Waals surface area contributed by atoms with Gasteiger partial charge in [-0.25, -0.2) is 4.39 Å². The molecule has 2 atom stereocenters. The average molecular weight is 379 g/mol. The highest BCUT2D eigenvalue weighted by Gasteiger charge is 2.18. The monoisotopic (exact) mass is 378 g/mol. The third-order valence-electron chi connectivity index (χ3n) is 3.55. The van der Waals surface area contributed by atoms with Gasteiger partial charge < -0.3 is 15.4 Å². The quantitative estimate of drug-likeness (QED) is 0.777. The summed E-state index contributed by atoms with van der Waals surface area (Å²) in [5, 5.41) is 5.91. The van der Waals surface area contributed by atoms with E-state index in [0.29, 0.717) is 16.3 Å². The second-order valence-electron chi connectivity index (χ2n) is 5.88. The predicted molar refractivity (Wildman–Crippen MR) is 97.9 cm³/mol. The lowest BCUT2D eigenvalue weighted by Gasteiger charge is -2.19. The summed E-state index contributed by atoms with van der Waals surface area (Å²) >= 11 is 5.79. The van der Waals surface area contributed by atoms with E-state index in [4.69, 9.17) is 16.3 Å². The first-order valence-electron chi connectivity index (χ1n) is 8.10. The average Bonchev–Trinajstić information content (AvgIpc) is 2.61. The maximum Gasteiger partial charge on any atom is 0.251 e. The minimum absolute atomic E-state index is 0.217. The number of ether oxygens (including phenoxy) is 1. The highest BCUT2D eigenvalue weighted by atomic mass is 35.5. The Morgan fingerprint density at radius 2 is 1.65 bits per heavy atom. The summed E-state index contributed by atoms with van der Waals surface area (Å²) in [6.07, 6.45) is 0. The van der Waals surface area contributed by atoms with Gasteiger partial charge in [0.05, 0.1) is 6.04 Å². The number of carbonyl (C=O) groups is 2. The van der Waals surface area contributed by atoms with Gasteiger partial charge in [0, 0.05) is 10.6 Å². The maximum absolute atomic E-state index is 12.8. The molecule has 0 spiro atoms. The van der Waals surface area contributed by atoms with E-state index in [1.54, 1.807) is 38.1 Å². The minimum Gasteiger partial charge on any atom is -0.491 e. The molecular formula is C19H20ClFN2O3. The Morgan fingerprint density at radius 1 is 1.04 bits per heavy atom. The van der Waals surface area contributed by atoms with Crippen molar-refractivity contribution in [1.82, 2.24) is 10.6 Å². The fourth-order valence-electron chi connectivity index (χ4n) is 2.11. The molecule has 0 aliphatic rings. The Morgan fingerprint density at radius 3 is 2.27 bits per heavy atom. The molecule has 2 aromatic rings. The van der Waals surface area contributed by atoms with Gasteiger partial charge in [0.1, 0.15) is 24.2 Å². The lowest BCUT2D eigenvalue weighted by Crippen LogP contribution is -2.48. The second kappa shape index (κ2) is 9.20. The standard InChI is InChI=1S/C19H20ClFN2O3/c1-12(11-26-17-9-7-16(21)8-10-17)22-18(24)13(2)23-19(25)14-3-5-15(20)6-4-14/h3-10,12-13H,11H2,1-2H3,(H,22,24)(H,23,25). The van der Waals surface area contributed by atoms with Crippen molar-refractivity contribution in [2.45, 2.75) is 25.9 Å². The van der Waals surface area contributed by atoms with E-state index in [1.807, 2.05) is 0 Å². The third-order valence-corrected chi connectivity index (χ3v) is 3.80. The Hall–Kier alpha value is -2.60. The summed E-state index contributed by atoms with van der Waals surface area (Å²) in [5.41, 5.74) is 0.418. The lowest BCUT2D eigenvalue weighted by molar-refractivity contribution is -0.123. The van der Waals surface area contributed by atoms with Crippen LogP contribution in [0.2, 0.25) is 5.02 Å². The van der Waals surface area contributed by atoms with E-state index >= 15 is 0 Å². The van der Waals surface area contributed by atoms with Gasteiger partial charge in [0.2, 0.25) is 5.91 Å². The van der Waals surface area contributed by atoms with Crippen LogP contribution in [-0.4, -0.2) is 30.5 Å². The molecule has 0 fully saturated rings. The van der Waals surface area contributed by atoms with Crippen molar-refractivity contribution < 1.29 is 18.7 Å². The molecule has 26 heavy (non-hydrogen) atoms. The molecule has 7 heteroatoms. The molecular weight excluding hydrogens is 359 g/mol. The molecule has 0 saturated heterocycles. The van der Waals surface area contributed by atoms with Crippen molar-refractivity contribution in [3.8, 4) is 5.75 Å². The highest BCUT2D eigenvalue weighted by Crippen LogP contribution is 2.11. The van der Waals surface area contributed by atoms with Crippen LogP contribution in [-0.2, 0) is 4.79 Å². The molecule has 2 N–H and O–H groups in total. The van der Waals surface area contributed by atoms with Crippen molar-refractivity contribution >= 4 is 23.4 Å². The van der Waals surface area contributed by atoms with E-state index in [9.17, 15) is 14.0 Å². The van der Waals surface area contributed by atoms with Gasteiger partial charge in [-0.1, -0.05) is 11.6 Å². The van der Waals surface area contributed by atoms with Crippen LogP contribution in [0.3, 0.4) is 0 Å². The van der Waals surface area contributed by atoms with Crippen LogP contribution in [0.25, 0.3) is 0 Å². The third kappa shape index (κ3) is 6.04. The van der Waals surface area contributed by atoms with Gasteiger partial charge in [-0.15, -0.1) is 0 Å². The molecule has 2 amide bonds. The molecule has 138 valence electrons. The topological polar surface area (TPSA) is 67.4 Å². The van der Waals surface area contributed by atoms with E-state index in [0.717, 1.165) is 0 Å². The summed E-state index contributed by atoms with van der Waals surface area (Å²) < 4.78 is 18.3. The Balaban J connectivity index is 1.79. The summed E-state index contributed by atoms with van der Waals surface area (Å²) in [5.74, 6) is -0.525. The van der Waals surface area contributed by atoms with Crippen LogP contribution < -0.4 is 15.4 Å². The molecule has 0 aliphatic heterocycles. The zero-order valence-electron chi connectivity index (χ0n) is 14.5. The zero-order chi connectivity index (χ0) is 19.1. The Kier molecular flexibility index (Phi) is 6.97. The van der Waals surface area contributed by atoms with Crippen LogP contribution in [0.15, 0.2) is 48.5 Å². The Bertz CT molecular complexity index is 750. The van der Waals surface area contributed by atoms with E-state index in [1.165, 1.54) is 24.3 Å². The van der Waals surface area contributed by atoms with Crippen LogP contribution in [0.1, 0.15) is 24.2 Å². The second-order valence-corrected chi connectivity index (χ2v) is 6.31. The number of benzene rings is 2. The normalized spacial score (nSPS) is 12.8.